The summed E-state index contributed by atoms with van der Waals surface area (Å²) >= 11 is 0. The van der Waals surface area contributed by atoms with Crippen molar-refractivity contribution in [3.05, 3.63) is 42.0 Å². The first-order valence-corrected chi connectivity index (χ1v) is 9.51. The first kappa shape index (κ1) is 18.5. The summed E-state index contributed by atoms with van der Waals surface area (Å²) in [5, 5.41) is 0. The molecular weight excluding hydrogens is 328 g/mol. The lowest BCUT2D eigenvalue weighted by atomic mass is 10.0. The average molecular weight is 356 g/mol. The van der Waals surface area contributed by atoms with E-state index < -0.39 is 0 Å². The van der Waals surface area contributed by atoms with E-state index in [0.717, 1.165) is 30.6 Å². The standard InChI is InChI=1S/C21H28N2O3/c1-26-19-9-6-17(7-10-19)8-11-20(24)22-12-14-23(15-13-22)21(25)16-18-4-2-3-5-18/h2,4,6-7,9-10,18H,3,5,8,11-16H2,1H3/t18-/m1/s1. The van der Waals surface area contributed by atoms with Crippen molar-refractivity contribution >= 4 is 11.8 Å². The molecule has 0 aromatic heterocycles. The Bertz CT molecular complexity index is 646. The molecule has 3 rings (SSSR count). The van der Waals surface area contributed by atoms with Gasteiger partial charge in [0.2, 0.25) is 11.8 Å². The quantitative estimate of drug-likeness (QED) is 0.737. The zero-order valence-corrected chi connectivity index (χ0v) is 15.5. The van der Waals surface area contributed by atoms with Crippen LogP contribution in [0.3, 0.4) is 0 Å². The van der Waals surface area contributed by atoms with Crippen LogP contribution >= 0.6 is 0 Å². The summed E-state index contributed by atoms with van der Waals surface area (Å²) in [5.74, 6) is 1.64. The van der Waals surface area contributed by atoms with Gasteiger partial charge in [-0.25, -0.2) is 0 Å². The zero-order valence-electron chi connectivity index (χ0n) is 15.5. The van der Waals surface area contributed by atoms with E-state index in [-0.39, 0.29) is 11.8 Å². The maximum absolute atomic E-state index is 12.4. The minimum atomic E-state index is 0.173. The van der Waals surface area contributed by atoms with Crippen LogP contribution in [-0.4, -0.2) is 54.9 Å². The summed E-state index contributed by atoms with van der Waals surface area (Å²) in [7, 11) is 1.65. The fourth-order valence-electron chi connectivity index (χ4n) is 3.63. The average Bonchev–Trinajstić information content (AvgIpc) is 3.19. The molecule has 2 amide bonds. The van der Waals surface area contributed by atoms with Gasteiger partial charge in [0.1, 0.15) is 5.75 Å². The lowest BCUT2D eigenvalue weighted by Gasteiger charge is -2.35. The van der Waals surface area contributed by atoms with E-state index in [1.54, 1.807) is 7.11 Å². The molecule has 1 saturated heterocycles. The molecule has 0 unspecified atom stereocenters. The molecule has 1 fully saturated rings. The highest BCUT2D eigenvalue weighted by Gasteiger charge is 2.25. The summed E-state index contributed by atoms with van der Waals surface area (Å²) in [4.78, 5) is 28.6. The van der Waals surface area contributed by atoms with Gasteiger partial charge in [0.15, 0.2) is 0 Å². The zero-order chi connectivity index (χ0) is 18.4. The molecule has 1 atom stereocenters. The number of hydrogen-bond acceptors (Lipinski definition) is 3. The Morgan fingerprint density at radius 1 is 1.04 bits per heavy atom. The number of hydrogen-bond donors (Lipinski definition) is 0. The second-order valence-corrected chi connectivity index (χ2v) is 7.08. The fourth-order valence-corrected chi connectivity index (χ4v) is 3.63. The second kappa shape index (κ2) is 8.88. The number of methoxy groups -OCH3 is 1. The number of rotatable bonds is 6. The lowest BCUT2D eigenvalue weighted by Crippen LogP contribution is -2.50. The van der Waals surface area contributed by atoms with E-state index in [1.807, 2.05) is 34.1 Å². The van der Waals surface area contributed by atoms with Gasteiger partial charge in [0.25, 0.3) is 0 Å². The van der Waals surface area contributed by atoms with Crippen LogP contribution in [0.4, 0.5) is 0 Å². The van der Waals surface area contributed by atoms with Crippen molar-refractivity contribution in [2.45, 2.75) is 32.1 Å². The second-order valence-electron chi connectivity index (χ2n) is 7.08. The molecule has 0 spiro atoms. The van der Waals surface area contributed by atoms with Crippen molar-refractivity contribution in [3.8, 4) is 5.75 Å². The molecule has 1 aromatic rings. The predicted molar refractivity (Wildman–Crippen MR) is 101 cm³/mol. The third-order valence-corrected chi connectivity index (χ3v) is 5.32. The number of benzene rings is 1. The van der Waals surface area contributed by atoms with Crippen LogP contribution in [0, 0.1) is 5.92 Å². The minimum Gasteiger partial charge on any atom is -0.497 e. The van der Waals surface area contributed by atoms with Crippen LogP contribution in [0.1, 0.15) is 31.2 Å². The van der Waals surface area contributed by atoms with Crippen molar-refractivity contribution in [1.29, 1.82) is 0 Å². The molecule has 2 aliphatic rings. The van der Waals surface area contributed by atoms with Crippen molar-refractivity contribution in [2.24, 2.45) is 5.92 Å². The monoisotopic (exact) mass is 356 g/mol. The maximum Gasteiger partial charge on any atom is 0.223 e. The van der Waals surface area contributed by atoms with Crippen LogP contribution in [0.25, 0.3) is 0 Å². The van der Waals surface area contributed by atoms with Gasteiger partial charge < -0.3 is 14.5 Å². The predicted octanol–water partition coefficient (Wildman–Crippen LogP) is 2.65. The molecule has 5 heteroatoms. The van der Waals surface area contributed by atoms with Crippen LogP contribution in [0.2, 0.25) is 0 Å². The molecule has 0 bridgehead atoms. The molecule has 1 aliphatic carbocycles. The molecule has 0 saturated carbocycles. The normalized spacial score (nSPS) is 19.7. The highest BCUT2D eigenvalue weighted by Crippen LogP contribution is 2.21. The SMILES string of the molecule is COc1ccc(CCC(=O)N2CCN(C(=O)C[C@@H]3C=CCC3)CC2)cc1. The third-order valence-electron chi connectivity index (χ3n) is 5.32. The van der Waals surface area contributed by atoms with E-state index in [0.29, 0.717) is 44.9 Å². The van der Waals surface area contributed by atoms with Crippen molar-refractivity contribution < 1.29 is 14.3 Å². The van der Waals surface area contributed by atoms with Gasteiger partial charge in [-0.15, -0.1) is 0 Å². The van der Waals surface area contributed by atoms with E-state index in [2.05, 4.69) is 12.2 Å². The highest BCUT2D eigenvalue weighted by atomic mass is 16.5. The number of piperazine rings is 1. The summed E-state index contributed by atoms with van der Waals surface area (Å²) in [6.45, 7) is 2.61. The Hall–Kier alpha value is -2.30. The number of nitrogens with zero attached hydrogens (tertiary/aromatic N) is 2. The largest absolute Gasteiger partial charge is 0.497 e. The topological polar surface area (TPSA) is 49.9 Å². The van der Waals surface area contributed by atoms with Gasteiger partial charge in [-0.2, -0.15) is 0 Å². The lowest BCUT2D eigenvalue weighted by molar-refractivity contribution is -0.139. The van der Waals surface area contributed by atoms with E-state index in [9.17, 15) is 9.59 Å². The summed E-state index contributed by atoms with van der Waals surface area (Å²) < 4.78 is 5.15. The van der Waals surface area contributed by atoms with Gasteiger partial charge in [0, 0.05) is 39.0 Å². The van der Waals surface area contributed by atoms with Crippen LogP contribution in [0.15, 0.2) is 36.4 Å². The van der Waals surface area contributed by atoms with Gasteiger partial charge in [0.05, 0.1) is 7.11 Å². The summed E-state index contributed by atoms with van der Waals surface area (Å²) in [6.07, 6.45) is 8.36. The molecule has 1 aromatic carbocycles. The van der Waals surface area contributed by atoms with E-state index in [1.165, 1.54) is 0 Å². The fraction of sp³-hybridized carbons (Fsp3) is 0.524. The Kier molecular flexibility index (Phi) is 6.31. The number of aryl methyl sites for hydroxylation is 1. The van der Waals surface area contributed by atoms with Crippen molar-refractivity contribution in [1.82, 2.24) is 9.80 Å². The summed E-state index contributed by atoms with van der Waals surface area (Å²) in [6, 6.07) is 7.84. The molecule has 0 radical (unpaired) electrons. The van der Waals surface area contributed by atoms with Gasteiger partial charge >= 0.3 is 0 Å². The molecule has 1 aliphatic heterocycles. The number of allylic oxidation sites excluding steroid dienone is 2. The van der Waals surface area contributed by atoms with Crippen LogP contribution < -0.4 is 4.74 Å². The molecule has 26 heavy (non-hydrogen) atoms. The number of carbonyl (C=O) groups is 2. The molecule has 140 valence electrons. The summed E-state index contributed by atoms with van der Waals surface area (Å²) in [5.41, 5.74) is 1.14. The smallest absolute Gasteiger partial charge is 0.223 e. The number of ether oxygens (including phenoxy) is 1. The Morgan fingerprint density at radius 3 is 2.27 bits per heavy atom. The minimum absolute atomic E-state index is 0.173. The molecule has 1 heterocycles. The van der Waals surface area contributed by atoms with Crippen LogP contribution in [0.5, 0.6) is 5.75 Å². The molecule has 5 nitrogen and oxygen atoms in total. The number of amides is 2. The van der Waals surface area contributed by atoms with E-state index in [4.69, 9.17) is 4.74 Å². The Morgan fingerprint density at radius 2 is 1.69 bits per heavy atom. The molecular formula is C21H28N2O3. The van der Waals surface area contributed by atoms with Gasteiger partial charge in [-0.3, -0.25) is 9.59 Å². The van der Waals surface area contributed by atoms with Crippen molar-refractivity contribution in [3.63, 3.8) is 0 Å². The Labute approximate surface area is 155 Å². The van der Waals surface area contributed by atoms with E-state index >= 15 is 0 Å². The molecule has 0 N–H and O–H groups in total. The van der Waals surface area contributed by atoms with Crippen molar-refractivity contribution in [2.75, 3.05) is 33.3 Å². The number of carbonyl (C=O) groups excluding carboxylic acids is 2. The highest BCUT2D eigenvalue weighted by molar-refractivity contribution is 5.79. The van der Waals surface area contributed by atoms with Gasteiger partial charge in [-0.1, -0.05) is 24.3 Å². The Balaban J connectivity index is 1.39. The van der Waals surface area contributed by atoms with Crippen LogP contribution in [-0.2, 0) is 16.0 Å². The third kappa shape index (κ3) is 4.87. The maximum atomic E-state index is 12.4. The first-order valence-electron chi connectivity index (χ1n) is 9.51. The first-order chi connectivity index (χ1) is 12.7. The van der Waals surface area contributed by atoms with Gasteiger partial charge in [-0.05, 0) is 42.9 Å².